The second kappa shape index (κ2) is 7.41. The van der Waals surface area contributed by atoms with Crippen LogP contribution in [-0.2, 0) is 4.74 Å². The average Bonchev–Trinajstić information content (AvgIpc) is 2.53. The lowest BCUT2D eigenvalue weighted by atomic mass is 9.82. The number of alkyl halides is 3. The summed E-state index contributed by atoms with van der Waals surface area (Å²) in [6.07, 6.45) is -2.54. The number of para-hydroxylation sites is 2. The molecule has 0 spiro atoms. The molecule has 1 aromatic rings. The molecule has 0 amide bonds. The van der Waals surface area contributed by atoms with Crippen LogP contribution in [0.25, 0.3) is 0 Å². The van der Waals surface area contributed by atoms with Crippen molar-refractivity contribution in [2.45, 2.75) is 32.0 Å². The molecule has 0 bridgehead atoms. The van der Waals surface area contributed by atoms with E-state index in [9.17, 15) is 13.2 Å². The smallest absolute Gasteiger partial charge is 0.411 e. The van der Waals surface area contributed by atoms with Gasteiger partial charge in [0.15, 0.2) is 11.5 Å². The Morgan fingerprint density at radius 2 is 2.04 bits per heavy atom. The van der Waals surface area contributed by atoms with E-state index in [0.717, 1.165) is 30.9 Å². The van der Waals surface area contributed by atoms with Crippen molar-refractivity contribution in [1.29, 1.82) is 0 Å². The quantitative estimate of drug-likeness (QED) is 0.805. The van der Waals surface area contributed by atoms with Gasteiger partial charge in [-0.15, -0.1) is 0 Å². The number of benzene rings is 1. The minimum atomic E-state index is -4.27. The lowest BCUT2D eigenvalue weighted by molar-refractivity contribution is -0.182. The highest BCUT2D eigenvalue weighted by molar-refractivity contribution is 5.40. The first kappa shape index (κ1) is 18.3. The van der Waals surface area contributed by atoms with Gasteiger partial charge in [0.05, 0.1) is 6.61 Å². The first-order chi connectivity index (χ1) is 11.8. The van der Waals surface area contributed by atoms with Crippen LogP contribution in [0.15, 0.2) is 24.3 Å². The zero-order valence-electron chi connectivity index (χ0n) is 14.3. The molecule has 25 heavy (non-hydrogen) atoms. The number of ether oxygens (including phenoxy) is 3. The fourth-order valence-electron chi connectivity index (χ4n) is 3.56. The molecule has 140 valence electrons. The van der Waals surface area contributed by atoms with E-state index in [-0.39, 0.29) is 18.1 Å². The Hall–Kier alpha value is -1.47. The van der Waals surface area contributed by atoms with Crippen molar-refractivity contribution in [3.63, 3.8) is 0 Å². The zero-order valence-corrected chi connectivity index (χ0v) is 14.3. The van der Waals surface area contributed by atoms with Crippen LogP contribution in [0.2, 0.25) is 0 Å². The van der Waals surface area contributed by atoms with Gasteiger partial charge < -0.3 is 14.2 Å². The molecule has 1 aromatic carbocycles. The summed E-state index contributed by atoms with van der Waals surface area (Å²) in [5.74, 6) is 1.50. The molecule has 0 aliphatic carbocycles. The third-order valence-electron chi connectivity index (χ3n) is 4.61. The van der Waals surface area contributed by atoms with Crippen molar-refractivity contribution < 1.29 is 27.4 Å². The maximum atomic E-state index is 12.3. The van der Waals surface area contributed by atoms with E-state index in [1.165, 1.54) is 0 Å². The van der Waals surface area contributed by atoms with Crippen LogP contribution < -0.4 is 9.47 Å². The minimum absolute atomic E-state index is 0.0756. The average molecular weight is 359 g/mol. The summed E-state index contributed by atoms with van der Waals surface area (Å²) >= 11 is 0. The summed E-state index contributed by atoms with van der Waals surface area (Å²) in [5.41, 5.74) is -0.267. The molecular weight excluding hydrogens is 335 g/mol. The summed E-state index contributed by atoms with van der Waals surface area (Å²) in [6.45, 7) is 3.72. The Morgan fingerprint density at radius 3 is 2.80 bits per heavy atom. The Labute approximate surface area is 145 Å². The normalized spacial score (nSPS) is 27.3. The van der Waals surface area contributed by atoms with E-state index in [1.807, 2.05) is 31.2 Å². The molecule has 3 rings (SSSR count). The molecule has 0 aromatic heterocycles. The first-order valence-corrected chi connectivity index (χ1v) is 8.58. The van der Waals surface area contributed by atoms with Gasteiger partial charge in [0.1, 0.15) is 19.3 Å². The van der Waals surface area contributed by atoms with Gasteiger partial charge in [-0.2, -0.15) is 13.2 Å². The molecule has 2 atom stereocenters. The Balaban J connectivity index is 1.50. The lowest BCUT2D eigenvalue weighted by Gasteiger charge is -2.41. The lowest BCUT2D eigenvalue weighted by Crippen LogP contribution is -2.49. The van der Waals surface area contributed by atoms with Crippen LogP contribution in [0.1, 0.15) is 19.8 Å². The van der Waals surface area contributed by atoms with E-state index in [2.05, 4.69) is 4.90 Å². The molecule has 0 radical (unpaired) electrons. The second-order valence-electron chi connectivity index (χ2n) is 7.25. The molecule has 2 aliphatic heterocycles. The predicted molar refractivity (Wildman–Crippen MR) is 87.0 cm³/mol. The summed E-state index contributed by atoms with van der Waals surface area (Å²) in [6, 6.07) is 7.56. The number of hydrogen-bond acceptors (Lipinski definition) is 4. The van der Waals surface area contributed by atoms with Crippen LogP contribution in [0, 0.1) is 5.41 Å². The van der Waals surface area contributed by atoms with Gasteiger partial charge in [0.2, 0.25) is 0 Å². The van der Waals surface area contributed by atoms with Gasteiger partial charge in [0.25, 0.3) is 0 Å². The van der Waals surface area contributed by atoms with Crippen molar-refractivity contribution in [2.75, 3.05) is 39.5 Å². The van der Waals surface area contributed by atoms with E-state index >= 15 is 0 Å². The monoisotopic (exact) mass is 359 g/mol. The predicted octanol–water partition coefficient (Wildman–Crippen LogP) is 3.51. The SMILES string of the molecule is CC1(COCC(F)(F)F)CCCN(CC2COc3ccccc3O2)C1. The van der Waals surface area contributed by atoms with Gasteiger partial charge in [-0.25, -0.2) is 0 Å². The number of piperidine rings is 1. The fourth-order valence-corrected chi connectivity index (χ4v) is 3.56. The topological polar surface area (TPSA) is 30.9 Å². The highest BCUT2D eigenvalue weighted by atomic mass is 19.4. The first-order valence-electron chi connectivity index (χ1n) is 8.58. The van der Waals surface area contributed by atoms with E-state index in [1.54, 1.807) is 0 Å². The van der Waals surface area contributed by atoms with Crippen molar-refractivity contribution in [3.05, 3.63) is 24.3 Å². The van der Waals surface area contributed by atoms with E-state index < -0.39 is 12.8 Å². The number of hydrogen-bond donors (Lipinski definition) is 0. The summed E-state index contributed by atoms with van der Waals surface area (Å²) in [5, 5.41) is 0. The van der Waals surface area contributed by atoms with Crippen molar-refractivity contribution in [2.24, 2.45) is 5.41 Å². The molecule has 1 saturated heterocycles. The molecule has 0 saturated carbocycles. The van der Waals surface area contributed by atoms with Crippen LogP contribution >= 0.6 is 0 Å². The van der Waals surface area contributed by atoms with Crippen LogP contribution in [0.5, 0.6) is 11.5 Å². The van der Waals surface area contributed by atoms with Crippen molar-refractivity contribution >= 4 is 0 Å². The number of rotatable bonds is 5. The molecule has 7 heteroatoms. The van der Waals surface area contributed by atoms with Gasteiger partial charge in [-0.3, -0.25) is 4.90 Å². The number of fused-ring (bicyclic) bond motifs is 1. The minimum Gasteiger partial charge on any atom is -0.486 e. The van der Waals surface area contributed by atoms with Crippen LogP contribution in [-0.4, -0.2) is 56.6 Å². The summed E-state index contributed by atoms with van der Waals surface area (Å²) in [4.78, 5) is 2.24. The van der Waals surface area contributed by atoms with E-state index in [4.69, 9.17) is 14.2 Å². The van der Waals surface area contributed by atoms with Crippen molar-refractivity contribution in [3.8, 4) is 11.5 Å². The summed E-state index contributed by atoms with van der Waals surface area (Å²) in [7, 11) is 0. The van der Waals surface area contributed by atoms with Crippen LogP contribution in [0.4, 0.5) is 13.2 Å². The Bertz CT molecular complexity index is 581. The van der Waals surface area contributed by atoms with Gasteiger partial charge in [-0.05, 0) is 31.5 Å². The fraction of sp³-hybridized carbons (Fsp3) is 0.667. The number of nitrogens with zero attached hydrogens (tertiary/aromatic N) is 1. The van der Waals surface area contributed by atoms with Crippen LogP contribution in [0.3, 0.4) is 0 Å². The van der Waals surface area contributed by atoms with Gasteiger partial charge in [0, 0.05) is 18.5 Å². The largest absolute Gasteiger partial charge is 0.486 e. The third kappa shape index (κ3) is 5.25. The third-order valence-corrected chi connectivity index (χ3v) is 4.61. The Morgan fingerprint density at radius 1 is 1.28 bits per heavy atom. The Kier molecular flexibility index (Phi) is 5.43. The zero-order chi connectivity index (χ0) is 17.9. The molecule has 2 aliphatic rings. The molecule has 4 nitrogen and oxygen atoms in total. The molecule has 0 N–H and O–H groups in total. The number of halogens is 3. The number of likely N-dealkylation sites (tertiary alicyclic amines) is 1. The summed E-state index contributed by atoms with van der Waals surface area (Å²) < 4.78 is 53.5. The van der Waals surface area contributed by atoms with Gasteiger partial charge >= 0.3 is 6.18 Å². The van der Waals surface area contributed by atoms with Crippen molar-refractivity contribution in [1.82, 2.24) is 4.90 Å². The standard InChI is InChI=1S/C18H24F3NO3/c1-17(12-23-13-18(19,20)21)7-4-8-22(11-17)9-14-10-24-15-5-2-3-6-16(15)25-14/h2-3,5-6,14H,4,7-13H2,1H3. The molecule has 2 unspecified atom stereocenters. The van der Waals surface area contributed by atoms with E-state index in [0.29, 0.717) is 19.7 Å². The second-order valence-corrected chi connectivity index (χ2v) is 7.25. The molecule has 2 heterocycles. The highest BCUT2D eigenvalue weighted by Crippen LogP contribution is 2.33. The highest BCUT2D eigenvalue weighted by Gasteiger charge is 2.35. The maximum absolute atomic E-state index is 12.3. The maximum Gasteiger partial charge on any atom is 0.411 e. The van der Waals surface area contributed by atoms with Gasteiger partial charge in [-0.1, -0.05) is 19.1 Å². The molecular formula is C18H24F3NO3. The molecule has 1 fully saturated rings.